The van der Waals surface area contributed by atoms with E-state index in [9.17, 15) is 9.18 Å². The summed E-state index contributed by atoms with van der Waals surface area (Å²) in [6.07, 6.45) is 1.95. The van der Waals surface area contributed by atoms with Gasteiger partial charge in [-0.05, 0) is 24.3 Å². The number of aromatic nitrogens is 2. The highest BCUT2D eigenvalue weighted by atomic mass is 35.5. The molecule has 1 amide bonds. The zero-order valence-electron chi connectivity index (χ0n) is 13.4. The molecule has 2 aromatic heterocycles. The van der Waals surface area contributed by atoms with E-state index in [0.29, 0.717) is 22.5 Å². The first-order valence-electron chi connectivity index (χ1n) is 7.58. The molecule has 130 valence electrons. The summed E-state index contributed by atoms with van der Waals surface area (Å²) in [5, 5.41) is 4.09. The number of furan rings is 1. The van der Waals surface area contributed by atoms with Crippen LogP contribution < -0.4 is 0 Å². The van der Waals surface area contributed by atoms with Gasteiger partial charge < -0.3 is 13.8 Å². The van der Waals surface area contributed by atoms with Crippen molar-refractivity contribution in [1.82, 2.24) is 15.0 Å². The van der Waals surface area contributed by atoms with Crippen molar-refractivity contribution in [2.75, 3.05) is 7.05 Å². The number of rotatable bonds is 6. The third-order valence-corrected chi connectivity index (χ3v) is 4.00. The molecule has 0 N–H and O–H groups in total. The van der Waals surface area contributed by atoms with E-state index in [0.717, 1.165) is 0 Å². The van der Waals surface area contributed by atoms with Gasteiger partial charge >= 0.3 is 0 Å². The van der Waals surface area contributed by atoms with E-state index in [1.807, 2.05) is 0 Å². The number of amides is 1. The fourth-order valence-corrected chi connectivity index (χ4v) is 2.50. The second-order valence-corrected chi connectivity index (χ2v) is 5.85. The van der Waals surface area contributed by atoms with Crippen molar-refractivity contribution in [2.24, 2.45) is 0 Å². The Morgan fingerprint density at radius 3 is 2.88 bits per heavy atom. The smallest absolute Gasteiger partial charge is 0.238 e. The summed E-state index contributed by atoms with van der Waals surface area (Å²) in [5.74, 6) is 0.535. The predicted molar refractivity (Wildman–Crippen MR) is 88.2 cm³/mol. The molecule has 0 aliphatic rings. The summed E-state index contributed by atoms with van der Waals surface area (Å²) in [4.78, 5) is 17.8. The Bertz CT molecular complexity index is 844. The highest BCUT2D eigenvalue weighted by molar-refractivity contribution is 6.31. The summed E-state index contributed by atoms with van der Waals surface area (Å²) in [6.45, 7) is 0.0891. The Kier molecular flexibility index (Phi) is 5.14. The van der Waals surface area contributed by atoms with E-state index >= 15 is 0 Å². The maximum absolute atomic E-state index is 13.8. The largest absolute Gasteiger partial charge is 0.461 e. The molecule has 0 saturated carbocycles. The minimum absolute atomic E-state index is 0.0891. The van der Waals surface area contributed by atoms with Crippen LogP contribution in [0, 0.1) is 5.82 Å². The van der Waals surface area contributed by atoms with Crippen LogP contribution in [0.3, 0.4) is 0 Å². The van der Waals surface area contributed by atoms with Crippen LogP contribution >= 0.6 is 11.6 Å². The zero-order valence-corrected chi connectivity index (χ0v) is 14.2. The SMILES string of the molecule is CN(Cc1c(F)cccc1Cl)C(=O)CCc1nc(-c2ccco2)no1. The second-order valence-electron chi connectivity index (χ2n) is 5.44. The number of hydrogen-bond acceptors (Lipinski definition) is 5. The van der Waals surface area contributed by atoms with Gasteiger partial charge in [-0.1, -0.05) is 22.8 Å². The van der Waals surface area contributed by atoms with Gasteiger partial charge in [0.05, 0.1) is 6.26 Å². The lowest BCUT2D eigenvalue weighted by molar-refractivity contribution is -0.130. The maximum atomic E-state index is 13.8. The van der Waals surface area contributed by atoms with Gasteiger partial charge in [0.15, 0.2) is 5.76 Å². The maximum Gasteiger partial charge on any atom is 0.238 e. The first kappa shape index (κ1) is 17.2. The topological polar surface area (TPSA) is 72.4 Å². The van der Waals surface area contributed by atoms with Crippen LogP contribution in [-0.2, 0) is 17.8 Å². The van der Waals surface area contributed by atoms with Crippen LogP contribution in [0.1, 0.15) is 17.9 Å². The van der Waals surface area contributed by atoms with Crippen molar-refractivity contribution in [3.05, 3.63) is 58.9 Å². The number of aryl methyl sites for hydroxylation is 1. The van der Waals surface area contributed by atoms with Crippen molar-refractivity contribution in [3.8, 4) is 11.6 Å². The minimum atomic E-state index is -0.438. The van der Waals surface area contributed by atoms with Crippen molar-refractivity contribution in [1.29, 1.82) is 0 Å². The predicted octanol–water partition coefficient (Wildman–Crippen LogP) is 3.71. The van der Waals surface area contributed by atoms with Gasteiger partial charge in [0.1, 0.15) is 5.82 Å². The number of carbonyl (C=O) groups excluding carboxylic acids is 1. The average Bonchev–Trinajstić information content (AvgIpc) is 3.26. The second kappa shape index (κ2) is 7.48. The van der Waals surface area contributed by atoms with Crippen LogP contribution in [0.2, 0.25) is 5.02 Å². The van der Waals surface area contributed by atoms with Crippen molar-refractivity contribution in [2.45, 2.75) is 19.4 Å². The van der Waals surface area contributed by atoms with E-state index < -0.39 is 5.82 Å². The molecule has 3 aromatic rings. The molecule has 0 aliphatic carbocycles. The first-order valence-corrected chi connectivity index (χ1v) is 7.95. The molecule has 0 radical (unpaired) electrons. The van der Waals surface area contributed by atoms with E-state index in [4.69, 9.17) is 20.5 Å². The van der Waals surface area contributed by atoms with Crippen LogP contribution in [-0.4, -0.2) is 28.0 Å². The van der Waals surface area contributed by atoms with Gasteiger partial charge in [-0.2, -0.15) is 4.98 Å². The Morgan fingerprint density at radius 2 is 2.16 bits per heavy atom. The molecule has 0 saturated heterocycles. The number of hydrogen-bond donors (Lipinski definition) is 0. The lowest BCUT2D eigenvalue weighted by atomic mass is 10.2. The lowest BCUT2D eigenvalue weighted by Crippen LogP contribution is -2.27. The van der Waals surface area contributed by atoms with E-state index in [-0.39, 0.29) is 30.9 Å². The van der Waals surface area contributed by atoms with Gasteiger partial charge in [-0.3, -0.25) is 4.79 Å². The lowest BCUT2D eigenvalue weighted by Gasteiger charge is -2.18. The van der Waals surface area contributed by atoms with Gasteiger partial charge in [-0.25, -0.2) is 4.39 Å². The quantitative estimate of drug-likeness (QED) is 0.667. The summed E-state index contributed by atoms with van der Waals surface area (Å²) >= 11 is 5.98. The standard InChI is InChI=1S/C17H15ClFN3O3/c1-22(10-11-12(18)4-2-5-13(11)19)16(23)8-7-15-20-17(21-25-15)14-6-3-9-24-14/h2-6,9H,7-8,10H2,1H3. The summed E-state index contributed by atoms with van der Waals surface area (Å²) < 4.78 is 24.1. The minimum Gasteiger partial charge on any atom is -0.461 e. The average molecular weight is 364 g/mol. The molecule has 1 aromatic carbocycles. The third-order valence-electron chi connectivity index (χ3n) is 3.65. The number of benzene rings is 1. The first-order chi connectivity index (χ1) is 12.0. The molecule has 0 spiro atoms. The molecule has 0 aliphatic heterocycles. The zero-order chi connectivity index (χ0) is 17.8. The van der Waals surface area contributed by atoms with E-state index in [1.165, 1.54) is 23.3 Å². The van der Waals surface area contributed by atoms with Crippen molar-refractivity contribution >= 4 is 17.5 Å². The van der Waals surface area contributed by atoms with Crippen molar-refractivity contribution < 1.29 is 18.1 Å². The Labute approximate surface area is 148 Å². The molecule has 25 heavy (non-hydrogen) atoms. The monoisotopic (exact) mass is 363 g/mol. The van der Waals surface area contributed by atoms with Crippen LogP contribution in [0.15, 0.2) is 45.5 Å². The highest BCUT2D eigenvalue weighted by Gasteiger charge is 2.16. The fourth-order valence-electron chi connectivity index (χ4n) is 2.28. The summed E-state index contributed by atoms with van der Waals surface area (Å²) in [7, 11) is 1.59. The number of carbonyl (C=O) groups is 1. The summed E-state index contributed by atoms with van der Waals surface area (Å²) in [6, 6.07) is 7.86. The van der Waals surface area contributed by atoms with Gasteiger partial charge in [0.25, 0.3) is 0 Å². The molecular formula is C17H15ClFN3O3. The van der Waals surface area contributed by atoms with Crippen LogP contribution in [0.25, 0.3) is 11.6 Å². The van der Waals surface area contributed by atoms with Crippen LogP contribution in [0.4, 0.5) is 4.39 Å². The molecule has 0 atom stereocenters. The highest BCUT2D eigenvalue weighted by Crippen LogP contribution is 2.21. The summed E-state index contributed by atoms with van der Waals surface area (Å²) in [5.41, 5.74) is 0.290. The molecule has 8 heteroatoms. The number of nitrogens with zero attached hydrogens (tertiary/aromatic N) is 3. The van der Waals surface area contributed by atoms with Crippen molar-refractivity contribution in [3.63, 3.8) is 0 Å². The van der Waals surface area contributed by atoms with Gasteiger partial charge in [0, 0.05) is 37.0 Å². The Balaban J connectivity index is 1.57. The molecular weight excluding hydrogens is 349 g/mol. The Morgan fingerprint density at radius 1 is 1.32 bits per heavy atom. The molecule has 6 nitrogen and oxygen atoms in total. The van der Waals surface area contributed by atoms with E-state index in [2.05, 4.69) is 10.1 Å². The van der Waals surface area contributed by atoms with Gasteiger partial charge in [-0.15, -0.1) is 0 Å². The Hall–Kier alpha value is -2.67. The fraction of sp³-hybridized carbons (Fsp3) is 0.235. The van der Waals surface area contributed by atoms with Crippen LogP contribution in [0.5, 0.6) is 0 Å². The molecule has 2 heterocycles. The normalized spacial score (nSPS) is 10.8. The van der Waals surface area contributed by atoms with E-state index in [1.54, 1.807) is 25.2 Å². The molecule has 0 unspecified atom stereocenters. The molecule has 0 bridgehead atoms. The van der Waals surface area contributed by atoms with Gasteiger partial charge in [0.2, 0.25) is 17.6 Å². The molecule has 3 rings (SSSR count). The third kappa shape index (κ3) is 4.06. The molecule has 0 fully saturated rings. The number of halogens is 2.